The van der Waals surface area contributed by atoms with Gasteiger partial charge in [-0.1, -0.05) is 0 Å². The number of fused-ring (bicyclic) bond motifs is 2. The number of amides is 2. The van der Waals surface area contributed by atoms with Crippen LogP contribution >= 0.6 is 0 Å². The second kappa shape index (κ2) is 8.09. The van der Waals surface area contributed by atoms with Crippen molar-refractivity contribution in [2.75, 3.05) is 20.2 Å². The number of halogens is 1. The Kier molecular flexibility index (Phi) is 5.08. The molecule has 1 fully saturated rings. The van der Waals surface area contributed by atoms with Crippen LogP contribution in [0.15, 0.2) is 53.3 Å². The van der Waals surface area contributed by atoms with Gasteiger partial charge in [0.2, 0.25) is 0 Å². The maximum atomic E-state index is 13.5. The highest BCUT2D eigenvalue weighted by atomic mass is 19.1. The van der Waals surface area contributed by atoms with E-state index < -0.39 is 12.1 Å². The Labute approximate surface area is 187 Å². The average molecular weight is 449 g/mol. The molecule has 0 spiro atoms. The minimum absolute atomic E-state index is 0.0971. The number of ether oxygens (including phenoxy) is 2. The van der Waals surface area contributed by atoms with Crippen molar-refractivity contribution < 1.29 is 27.9 Å². The molecule has 168 valence electrons. The number of carbonyl (C=O) groups excluding carboxylic acids is 2. The summed E-state index contributed by atoms with van der Waals surface area (Å²) in [6.45, 7) is 0.487. The number of carbonyl (C=O) groups is 2. The van der Waals surface area contributed by atoms with Crippen LogP contribution in [0, 0.1) is 0 Å². The molecule has 1 aliphatic heterocycles. The molecule has 4 aromatic rings. The molecule has 2 aromatic carbocycles. The summed E-state index contributed by atoms with van der Waals surface area (Å²) in [6.07, 6.45) is 2.33. The van der Waals surface area contributed by atoms with Gasteiger partial charge in [-0.05, 0) is 30.7 Å². The molecule has 0 unspecified atom stereocenters. The summed E-state index contributed by atoms with van der Waals surface area (Å²) in [4.78, 5) is 30.4. The van der Waals surface area contributed by atoms with Gasteiger partial charge in [0, 0.05) is 35.6 Å². The second-order valence-corrected chi connectivity index (χ2v) is 7.79. The Morgan fingerprint density at radius 1 is 1.15 bits per heavy atom. The first kappa shape index (κ1) is 20.7. The molecule has 5 rings (SSSR count). The number of rotatable bonds is 5. The van der Waals surface area contributed by atoms with Crippen LogP contribution in [0.2, 0.25) is 0 Å². The topological polar surface area (TPSA) is 108 Å². The molecule has 3 heterocycles. The minimum atomic E-state index is -0.989. The first-order valence-electron chi connectivity index (χ1n) is 10.3. The van der Waals surface area contributed by atoms with Gasteiger partial charge in [0.05, 0.1) is 30.3 Å². The summed E-state index contributed by atoms with van der Waals surface area (Å²) < 4.78 is 30.4. The molecule has 8 nitrogen and oxygen atoms in total. The van der Waals surface area contributed by atoms with Crippen LogP contribution < -0.4 is 15.2 Å². The highest BCUT2D eigenvalue weighted by molar-refractivity contribution is 6.06. The standard InChI is InChI=1S/C24H20FN3O5/c1-31-21-10-19-16(9-17(21)23(26)29)20(4-6-27-19)33-14-2-3-15-18(12-32-22(15)8-14)24(30)28-7-5-13(25)11-28/h2-4,6,8-10,12-13H,5,7,11H2,1H3,(H2,26,29)/t13-/m0/s1. The fraction of sp³-hybridized carbons (Fsp3) is 0.208. The zero-order valence-corrected chi connectivity index (χ0v) is 17.7. The minimum Gasteiger partial charge on any atom is -0.496 e. The fourth-order valence-electron chi connectivity index (χ4n) is 4.04. The molecule has 2 aromatic heterocycles. The van der Waals surface area contributed by atoms with Crippen molar-refractivity contribution in [3.63, 3.8) is 0 Å². The number of hydrogen-bond acceptors (Lipinski definition) is 6. The molecule has 0 aliphatic carbocycles. The normalized spacial score (nSPS) is 15.8. The predicted molar refractivity (Wildman–Crippen MR) is 119 cm³/mol. The fourth-order valence-corrected chi connectivity index (χ4v) is 4.04. The van der Waals surface area contributed by atoms with E-state index in [-0.39, 0.29) is 18.0 Å². The zero-order chi connectivity index (χ0) is 23.1. The number of methoxy groups -OCH3 is 1. The molecule has 2 N–H and O–H groups in total. The third kappa shape index (κ3) is 3.71. The van der Waals surface area contributed by atoms with Crippen molar-refractivity contribution in [1.82, 2.24) is 9.88 Å². The number of likely N-dealkylation sites (tertiary alicyclic amines) is 1. The van der Waals surface area contributed by atoms with Crippen LogP contribution in [0.3, 0.4) is 0 Å². The van der Waals surface area contributed by atoms with Gasteiger partial charge in [0.1, 0.15) is 35.3 Å². The van der Waals surface area contributed by atoms with Crippen LogP contribution in [0.4, 0.5) is 4.39 Å². The van der Waals surface area contributed by atoms with Crippen LogP contribution in [0.5, 0.6) is 17.2 Å². The molecule has 9 heteroatoms. The molecular weight excluding hydrogens is 429 g/mol. The third-order valence-electron chi connectivity index (χ3n) is 5.71. The van der Waals surface area contributed by atoms with Crippen molar-refractivity contribution in [3.05, 3.63) is 60.0 Å². The van der Waals surface area contributed by atoms with E-state index in [1.54, 1.807) is 42.6 Å². The Morgan fingerprint density at radius 2 is 2.00 bits per heavy atom. The molecule has 0 bridgehead atoms. The van der Waals surface area contributed by atoms with Crippen molar-refractivity contribution >= 4 is 33.7 Å². The van der Waals surface area contributed by atoms with Crippen molar-refractivity contribution in [2.45, 2.75) is 12.6 Å². The van der Waals surface area contributed by atoms with Gasteiger partial charge in [-0.25, -0.2) is 4.39 Å². The van der Waals surface area contributed by atoms with E-state index in [4.69, 9.17) is 19.6 Å². The van der Waals surface area contributed by atoms with Gasteiger partial charge in [-0.15, -0.1) is 0 Å². The number of pyridine rings is 1. The number of nitrogens with two attached hydrogens (primary N) is 1. The molecular formula is C24H20FN3O5. The lowest BCUT2D eigenvalue weighted by molar-refractivity contribution is 0.0783. The van der Waals surface area contributed by atoms with Crippen molar-refractivity contribution in [2.24, 2.45) is 5.73 Å². The zero-order valence-electron chi connectivity index (χ0n) is 17.7. The van der Waals surface area contributed by atoms with Crippen LogP contribution in [0.1, 0.15) is 27.1 Å². The van der Waals surface area contributed by atoms with Gasteiger partial charge in [-0.2, -0.15) is 0 Å². The number of alkyl halides is 1. The van der Waals surface area contributed by atoms with Crippen LogP contribution in [-0.2, 0) is 0 Å². The summed E-state index contributed by atoms with van der Waals surface area (Å²) >= 11 is 0. The van der Waals surface area contributed by atoms with E-state index in [1.807, 2.05) is 0 Å². The Morgan fingerprint density at radius 3 is 2.73 bits per heavy atom. The Bertz CT molecular complexity index is 1400. The number of hydrogen-bond donors (Lipinski definition) is 1. The van der Waals surface area contributed by atoms with Crippen LogP contribution in [-0.4, -0.2) is 48.1 Å². The van der Waals surface area contributed by atoms with E-state index in [0.717, 1.165) is 0 Å². The quantitative estimate of drug-likeness (QED) is 0.492. The highest BCUT2D eigenvalue weighted by Crippen LogP contribution is 2.35. The SMILES string of the molecule is COc1cc2nccc(Oc3ccc4c(C(=O)N5CC[C@H](F)C5)coc4c3)c2cc1C(N)=O. The second-order valence-electron chi connectivity index (χ2n) is 7.79. The molecule has 1 atom stereocenters. The van der Waals surface area contributed by atoms with E-state index in [1.165, 1.54) is 18.3 Å². The van der Waals surface area contributed by atoms with Crippen molar-refractivity contribution in [1.29, 1.82) is 0 Å². The molecule has 1 aliphatic rings. The summed E-state index contributed by atoms with van der Waals surface area (Å²) in [5.74, 6) is 0.361. The Hall–Kier alpha value is -4.14. The largest absolute Gasteiger partial charge is 0.496 e. The lowest BCUT2D eigenvalue weighted by atomic mass is 10.1. The first-order valence-corrected chi connectivity index (χ1v) is 10.3. The predicted octanol–water partition coefficient (Wildman–Crippen LogP) is 4.06. The number of nitrogens with zero attached hydrogens (tertiary/aromatic N) is 2. The maximum Gasteiger partial charge on any atom is 0.257 e. The molecule has 2 amide bonds. The van der Waals surface area contributed by atoms with Crippen molar-refractivity contribution in [3.8, 4) is 17.2 Å². The van der Waals surface area contributed by atoms with E-state index >= 15 is 0 Å². The van der Waals surface area contributed by atoms with Crippen LogP contribution in [0.25, 0.3) is 21.9 Å². The van der Waals surface area contributed by atoms with Gasteiger partial charge in [0.25, 0.3) is 11.8 Å². The van der Waals surface area contributed by atoms with Gasteiger partial charge < -0.3 is 24.5 Å². The number of primary amides is 1. The molecule has 1 saturated heterocycles. The number of benzene rings is 2. The monoisotopic (exact) mass is 449 g/mol. The molecule has 0 radical (unpaired) electrons. The molecule has 0 saturated carbocycles. The van der Waals surface area contributed by atoms with E-state index in [2.05, 4.69) is 4.98 Å². The highest BCUT2D eigenvalue weighted by Gasteiger charge is 2.28. The summed E-state index contributed by atoms with van der Waals surface area (Å²) in [6, 6.07) is 9.97. The molecule has 33 heavy (non-hydrogen) atoms. The Balaban J connectivity index is 1.48. The van der Waals surface area contributed by atoms with E-state index in [9.17, 15) is 14.0 Å². The van der Waals surface area contributed by atoms with Gasteiger partial charge in [0.15, 0.2) is 0 Å². The summed E-state index contributed by atoms with van der Waals surface area (Å²) in [7, 11) is 1.45. The summed E-state index contributed by atoms with van der Waals surface area (Å²) in [5, 5.41) is 1.20. The van der Waals surface area contributed by atoms with Gasteiger partial charge in [-0.3, -0.25) is 14.6 Å². The van der Waals surface area contributed by atoms with E-state index in [0.29, 0.717) is 57.6 Å². The lowest BCUT2D eigenvalue weighted by Gasteiger charge is -2.14. The first-order chi connectivity index (χ1) is 15.9. The maximum absolute atomic E-state index is 13.5. The van der Waals surface area contributed by atoms with Gasteiger partial charge >= 0.3 is 0 Å². The number of furan rings is 1. The lowest BCUT2D eigenvalue weighted by Crippen LogP contribution is -2.28. The average Bonchev–Trinajstić information content (AvgIpc) is 3.44. The smallest absolute Gasteiger partial charge is 0.257 e. The number of aromatic nitrogens is 1. The third-order valence-corrected chi connectivity index (χ3v) is 5.71. The summed E-state index contributed by atoms with van der Waals surface area (Å²) in [5.41, 5.74) is 7.11.